The van der Waals surface area contributed by atoms with Crippen molar-refractivity contribution in [1.29, 1.82) is 0 Å². The Morgan fingerprint density at radius 2 is 1.89 bits per heavy atom. The highest BCUT2D eigenvalue weighted by atomic mass is 19.2. The fourth-order valence-corrected chi connectivity index (χ4v) is 2.89. The molecular weight excluding hydrogens is 250 g/mol. The first-order valence-corrected chi connectivity index (χ1v) is 6.56. The average molecular weight is 266 g/mol. The van der Waals surface area contributed by atoms with Crippen LogP contribution in [0.3, 0.4) is 0 Å². The Balaban J connectivity index is 1.69. The molecule has 3 saturated heterocycles. The maximum Gasteiger partial charge on any atom is 0.159 e. The van der Waals surface area contributed by atoms with Crippen molar-refractivity contribution in [3.05, 3.63) is 35.4 Å². The first-order valence-electron chi connectivity index (χ1n) is 6.56. The normalized spacial score (nSPS) is 29.5. The van der Waals surface area contributed by atoms with Crippen LogP contribution in [0.4, 0.5) is 8.78 Å². The molecule has 5 heteroatoms. The minimum atomic E-state index is -0.889. The summed E-state index contributed by atoms with van der Waals surface area (Å²) in [5.41, 5.74) is 0.543. The monoisotopic (exact) mass is 266 g/mol. The summed E-state index contributed by atoms with van der Waals surface area (Å²) in [7, 11) is 0. The van der Waals surface area contributed by atoms with Crippen molar-refractivity contribution in [3.8, 4) is 0 Å². The summed E-state index contributed by atoms with van der Waals surface area (Å²) in [6.45, 7) is 4.66. The fourth-order valence-electron chi connectivity index (χ4n) is 2.89. The number of hydrogen-bond donors (Lipinski definition) is 0. The number of hydrogen-bond acceptors (Lipinski definition) is 3. The van der Waals surface area contributed by atoms with Crippen LogP contribution in [0, 0.1) is 11.6 Å². The van der Waals surface area contributed by atoms with E-state index < -0.39 is 11.6 Å². The third kappa shape index (κ3) is 2.53. The van der Waals surface area contributed by atoms with Gasteiger partial charge in [-0.25, -0.2) is 8.78 Å². The Kier molecular flexibility index (Phi) is 3.33. The van der Waals surface area contributed by atoms with E-state index >= 15 is 0 Å². The summed E-state index contributed by atoms with van der Waals surface area (Å²) < 4.78 is 26.0. The van der Waals surface area contributed by atoms with E-state index in [4.69, 9.17) is 0 Å². The lowest BCUT2D eigenvalue weighted by Crippen LogP contribution is -2.63. The lowest BCUT2D eigenvalue weighted by molar-refractivity contribution is -0.128. The maximum atomic E-state index is 13.1. The van der Waals surface area contributed by atoms with Crippen LogP contribution in [0.25, 0.3) is 0 Å². The summed E-state index contributed by atoms with van der Waals surface area (Å²) in [4.78, 5) is 16.8. The molecule has 3 aliphatic heterocycles. The Morgan fingerprint density at radius 1 is 1.16 bits per heavy atom. The summed E-state index contributed by atoms with van der Waals surface area (Å²) >= 11 is 0. The highest BCUT2D eigenvalue weighted by Gasteiger charge is 2.35. The van der Waals surface area contributed by atoms with Crippen LogP contribution in [-0.2, 0) is 11.2 Å². The Bertz CT molecular complexity index is 498. The topological polar surface area (TPSA) is 23.6 Å². The third-order valence-electron chi connectivity index (χ3n) is 4.01. The minimum Gasteiger partial charge on any atom is -0.299 e. The quantitative estimate of drug-likeness (QED) is 0.818. The lowest BCUT2D eigenvalue weighted by atomic mass is 9.98. The molecule has 1 aromatic rings. The molecule has 3 heterocycles. The second-order valence-corrected chi connectivity index (χ2v) is 5.24. The number of Topliss-reactive ketones (excluding diaryl/α,β-unsaturated/α-hetero) is 1. The van der Waals surface area contributed by atoms with Crippen molar-refractivity contribution < 1.29 is 13.6 Å². The van der Waals surface area contributed by atoms with Gasteiger partial charge in [-0.15, -0.1) is 0 Å². The van der Waals surface area contributed by atoms with Crippen molar-refractivity contribution in [2.75, 3.05) is 32.7 Å². The van der Waals surface area contributed by atoms with E-state index in [1.807, 2.05) is 0 Å². The molecule has 0 radical (unpaired) electrons. The van der Waals surface area contributed by atoms with Crippen LogP contribution < -0.4 is 0 Å². The summed E-state index contributed by atoms with van der Waals surface area (Å²) in [6, 6.07) is 3.58. The molecule has 1 atom stereocenters. The molecule has 0 aromatic heterocycles. The molecule has 0 amide bonds. The van der Waals surface area contributed by atoms with Crippen molar-refractivity contribution in [3.63, 3.8) is 0 Å². The average Bonchev–Trinajstić information content (AvgIpc) is 2.44. The predicted octanol–water partition coefficient (Wildman–Crippen LogP) is 1.08. The second kappa shape index (κ2) is 4.98. The van der Waals surface area contributed by atoms with E-state index in [2.05, 4.69) is 9.80 Å². The Hall–Kier alpha value is -1.33. The van der Waals surface area contributed by atoms with Gasteiger partial charge in [0.1, 0.15) is 0 Å². The van der Waals surface area contributed by atoms with E-state index in [1.54, 1.807) is 0 Å². The largest absolute Gasteiger partial charge is 0.299 e. The maximum absolute atomic E-state index is 13.1. The number of fused-ring (bicyclic) bond motifs is 3. The van der Waals surface area contributed by atoms with Crippen molar-refractivity contribution in [2.45, 2.75) is 12.5 Å². The van der Waals surface area contributed by atoms with Gasteiger partial charge in [-0.2, -0.15) is 0 Å². The molecule has 0 saturated carbocycles. The number of benzene rings is 1. The number of carbonyl (C=O) groups is 1. The van der Waals surface area contributed by atoms with Gasteiger partial charge in [-0.3, -0.25) is 14.6 Å². The van der Waals surface area contributed by atoms with Crippen LogP contribution in [0.1, 0.15) is 5.56 Å². The summed E-state index contributed by atoms with van der Waals surface area (Å²) in [5, 5.41) is 0. The molecule has 3 aliphatic rings. The standard InChI is InChI=1S/C14H16F2N2O/c15-11-2-1-10(7-12(11)16)8-14(19)13-9-17-3-5-18(13)6-4-17/h1-2,7,13H,3-6,8-9H2. The van der Waals surface area contributed by atoms with E-state index in [0.717, 1.165) is 44.9 Å². The predicted molar refractivity (Wildman–Crippen MR) is 66.9 cm³/mol. The van der Waals surface area contributed by atoms with Gasteiger partial charge in [0.2, 0.25) is 0 Å². The van der Waals surface area contributed by atoms with Crippen LogP contribution in [-0.4, -0.2) is 54.3 Å². The molecule has 0 aliphatic carbocycles. The number of piperazine rings is 3. The Labute approximate surface area is 110 Å². The smallest absolute Gasteiger partial charge is 0.159 e. The zero-order valence-corrected chi connectivity index (χ0v) is 10.6. The van der Waals surface area contributed by atoms with Crippen molar-refractivity contribution >= 4 is 5.78 Å². The van der Waals surface area contributed by atoms with Crippen LogP contribution in [0.5, 0.6) is 0 Å². The number of halogens is 2. The van der Waals surface area contributed by atoms with Gasteiger partial charge in [0.25, 0.3) is 0 Å². The van der Waals surface area contributed by atoms with Gasteiger partial charge >= 0.3 is 0 Å². The molecular formula is C14H16F2N2O. The van der Waals surface area contributed by atoms with E-state index in [9.17, 15) is 13.6 Å². The molecule has 102 valence electrons. The SMILES string of the molecule is O=C(Cc1ccc(F)c(F)c1)C1CN2CCN1CC2. The molecule has 1 unspecified atom stereocenters. The molecule has 2 bridgehead atoms. The molecule has 19 heavy (non-hydrogen) atoms. The summed E-state index contributed by atoms with van der Waals surface area (Å²) in [5.74, 6) is -1.67. The zero-order chi connectivity index (χ0) is 13.4. The van der Waals surface area contributed by atoms with Crippen molar-refractivity contribution in [1.82, 2.24) is 9.80 Å². The third-order valence-corrected chi connectivity index (χ3v) is 4.01. The Morgan fingerprint density at radius 3 is 2.47 bits per heavy atom. The lowest BCUT2D eigenvalue weighted by Gasteiger charge is -2.46. The van der Waals surface area contributed by atoms with Gasteiger partial charge in [0.15, 0.2) is 17.4 Å². The number of rotatable bonds is 3. The minimum absolute atomic E-state index is 0.0874. The molecule has 0 spiro atoms. The molecule has 3 nitrogen and oxygen atoms in total. The number of nitrogens with zero attached hydrogens (tertiary/aromatic N) is 2. The van der Waals surface area contributed by atoms with Crippen LogP contribution in [0.2, 0.25) is 0 Å². The first-order chi connectivity index (χ1) is 9.13. The molecule has 3 fully saturated rings. The van der Waals surface area contributed by atoms with Gasteiger partial charge in [-0.05, 0) is 17.7 Å². The van der Waals surface area contributed by atoms with E-state index in [1.165, 1.54) is 6.07 Å². The van der Waals surface area contributed by atoms with Gasteiger partial charge in [0, 0.05) is 39.1 Å². The zero-order valence-electron chi connectivity index (χ0n) is 10.6. The number of ketones is 1. The van der Waals surface area contributed by atoms with Gasteiger partial charge in [0.05, 0.1) is 6.04 Å². The van der Waals surface area contributed by atoms with Gasteiger partial charge in [-0.1, -0.05) is 6.07 Å². The second-order valence-electron chi connectivity index (χ2n) is 5.24. The first kappa shape index (κ1) is 12.7. The molecule has 1 aromatic carbocycles. The highest BCUT2D eigenvalue weighted by Crippen LogP contribution is 2.18. The van der Waals surface area contributed by atoms with Crippen LogP contribution >= 0.6 is 0 Å². The van der Waals surface area contributed by atoms with Crippen molar-refractivity contribution in [2.24, 2.45) is 0 Å². The fraction of sp³-hybridized carbons (Fsp3) is 0.500. The molecule has 0 N–H and O–H groups in total. The van der Waals surface area contributed by atoms with Gasteiger partial charge < -0.3 is 0 Å². The molecule has 4 rings (SSSR count). The highest BCUT2D eigenvalue weighted by molar-refractivity contribution is 5.86. The number of carbonyl (C=O) groups excluding carboxylic acids is 1. The van der Waals surface area contributed by atoms with Crippen LogP contribution in [0.15, 0.2) is 18.2 Å². The van der Waals surface area contributed by atoms with E-state index in [-0.39, 0.29) is 18.2 Å². The summed E-state index contributed by atoms with van der Waals surface area (Å²) in [6.07, 6.45) is 0.173. The van der Waals surface area contributed by atoms with E-state index in [0.29, 0.717) is 5.56 Å².